The van der Waals surface area contributed by atoms with E-state index < -0.39 is 0 Å². The van der Waals surface area contributed by atoms with Crippen LogP contribution in [0.3, 0.4) is 0 Å². The van der Waals surface area contributed by atoms with Crippen molar-refractivity contribution in [2.75, 3.05) is 5.32 Å². The number of aromatic amines is 1. The summed E-state index contributed by atoms with van der Waals surface area (Å²) in [4.78, 5) is 11.9. The Kier molecular flexibility index (Phi) is 3.59. The molecule has 1 amide bonds. The third-order valence-electron chi connectivity index (χ3n) is 1.92. The van der Waals surface area contributed by atoms with Crippen molar-refractivity contribution in [1.82, 2.24) is 10.2 Å². The van der Waals surface area contributed by atoms with Gasteiger partial charge in [0, 0.05) is 14.1 Å². The van der Waals surface area contributed by atoms with Crippen LogP contribution in [0.25, 0.3) is 0 Å². The number of nitrogens with zero attached hydrogens (tertiary/aromatic N) is 1. The molecule has 0 saturated heterocycles. The zero-order valence-corrected chi connectivity index (χ0v) is 11.7. The standard InChI is InChI=1S/C10H7BrIN3O/c11-8-2-1-6(12)5-7(8)10(16)14-9-3-4-13-15-9/h1-5H,(H2,13,14,15,16). The van der Waals surface area contributed by atoms with Gasteiger partial charge in [0.25, 0.3) is 5.91 Å². The van der Waals surface area contributed by atoms with Gasteiger partial charge in [-0.2, -0.15) is 5.10 Å². The van der Waals surface area contributed by atoms with Crippen molar-refractivity contribution < 1.29 is 4.79 Å². The topological polar surface area (TPSA) is 57.8 Å². The molecule has 2 aromatic rings. The number of carbonyl (C=O) groups is 1. The zero-order chi connectivity index (χ0) is 11.5. The maximum Gasteiger partial charge on any atom is 0.257 e. The third-order valence-corrected chi connectivity index (χ3v) is 3.28. The predicted molar refractivity (Wildman–Crippen MR) is 73.4 cm³/mol. The number of anilines is 1. The van der Waals surface area contributed by atoms with Gasteiger partial charge in [0.1, 0.15) is 5.82 Å². The van der Waals surface area contributed by atoms with Gasteiger partial charge in [-0.05, 0) is 56.7 Å². The highest BCUT2D eigenvalue weighted by Gasteiger charge is 2.10. The lowest BCUT2D eigenvalue weighted by Crippen LogP contribution is -2.13. The maximum absolute atomic E-state index is 11.9. The SMILES string of the molecule is O=C(Nc1ccn[nH]1)c1cc(I)ccc1Br. The Morgan fingerprint density at radius 2 is 2.25 bits per heavy atom. The van der Waals surface area contributed by atoms with E-state index in [1.54, 1.807) is 12.3 Å². The largest absolute Gasteiger partial charge is 0.307 e. The summed E-state index contributed by atoms with van der Waals surface area (Å²) in [5.41, 5.74) is 0.599. The first-order valence-electron chi connectivity index (χ1n) is 4.42. The minimum atomic E-state index is -0.172. The summed E-state index contributed by atoms with van der Waals surface area (Å²) in [6, 6.07) is 7.29. The average Bonchev–Trinajstić information content (AvgIpc) is 2.74. The number of nitrogens with one attached hydrogen (secondary N) is 2. The summed E-state index contributed by atoms with van der Waals surface area (Å²) in [6.45, 7) is 0. The van der Waals surface area contributed by atoms with Crippen LogP contribution in [0.5, 0.6) is 0 Å². The number of benzene rings is 1. The lowest BCUT2D eigenvalue weighted by Gasteiger charge is -2.05. The van der Waals surface area contributed by atoms with Crippen molar-refractivity contribution >= 4 is 50.2 Å². The van der Waals surface area contributed by atoms with Crippen LogP contribution in [-0.2, 0) is 0 Å². The molecule has 1 aromatic heterocycles. The molecule has 0 fully saturated rings. The lowest BCUT2D eigenvalue weighted by molar-refractivity contribution is 0.102. The number of rotatable bonds is 2. The van der Waals surface area contributed by atoms with Gasteiger partial charge in [-0.25, -0.2) is 0 Å². The fourth-order valence-corrected chi connectivity index (χ4v) is 2.10. The van der Waals surface area contributed by atoms with Crippen molar-refractivity contribution in [2.24, 2.45) is 0 Å². The zero-order valence-electron chi connectivity index (χ0n) is 8.00. The van der Waals surface area contributed by atoms with Crippen molar-refractivity contribution in [2.45, 2.75) is 0 Å². The molecular formula is C10H7BrIN3O. The van der Waals surface area contributed by atoms with Gasteiger partial charge in [-0.1, -0.05) is 0 Å². The van der Waals surface area contributed by atoms with E-state index in [4.69, 9.17) is 0 Å². The Hall–Kier alpha value is -0.890. The van der Waals surface area contributed by atoms with Gasteiger partial charge < -0.3 is 5.32 Å². The van der Waals surface area contributed by atoms with E-state index in [9.17, 15) is 4.79 Å². The Labute approximate surface area is 114 Å². The van der Waals surface area contributed by atoms with Crippen LogP contribution in [0, 0.1) is 3.57 Å². The van der Waals surface area contributed by atoms with Crippen LogP contribution in [0.4, 0.5) is 5.82 Å². The quantitative estimate of drug-likeness (QED) is 0.773. The van der Waals surface area contributed by atoms with E-state index in [-0.39, 0.29) is 5.91 Å². The minimum Gasteiger partial charge on any atom is -0.307 e. The normalized spacial score (nSPS) is 10.1. The molecule has 4 nitrogen and oxygen atoms in total. The van der Waals surface area contributed by atoms with E-state index in [1.807, 2.05) is 18.2 Å². The molecule has 0 spiro atoms. The summed E-state index contributed by atoms with van der Waals surface area (Å²) >= 11 is 5.51. The highest BCUT2D eigenvalue weighted by molar-refractivity contribution is 14.1. The lowest BCUT2D eigenvalue weighted by atomic mass is 10.2. The molecule has 0 saturated carbocycles. The van der Waals surface area contributed by atoms with Gasteiger partial charge in [0.2, 0.25) is 0 Å². The molecule has 2 N–H and O–H groups in total. The van der Waals surface area contributed by atoms with Crippen molar-refractivity contribution in [3.05, 3.63) is 44.1 Å². The smallest absolute Gasteiger partial charge is 0.257 e. The number of hydrogen-bond acceptors (Lipinski definition) is 2. The van der Waals surface area contributed by atoms with Crippen LogP contribution in [-0.4, -0.2) is 16.1 Å². The molecule has 82 valence electrons. The highest BCUT2D eigenvalue weighted by atomic mass is 127. The molecule has 1 aromatic carbocycles. The molecule has 6 heteroatoms. The van der Waals surface area contributed by atoms with Gasteiger partial charge >= 0.3 is 0 Å². The van der Waals surface area contributed by atoms with E-state index in [0.717, 1.165) is 8.04 Å². The first kappa shape index (κ1) is 11.6. The Bertz CT molecular complexity index is 513. The first-order valence-corrected chi connectivity index (χ1v) is 6.30. The number of H-pyrrole nitrogens is 1. The molecule has 0 atom stereocenters. The Balaban J connectivity index is 2.24. The van der Waals surface area contributed by atoms with Gasteiger partial charge in [-0.3, -0.25) is 9.89 Å². The van der Waals surface area contributed by atoms with Crippen LogP contribution >= 0.6 is 38.5 Å². The molecule has 0 bridgehead atoms. The van der Waals surface area contributed by atoms with E-state index in [1.165, 1.54) is 0 Å². The van der Waals surface area contributed by atoms with Crippen LogP contribution in [0.1, 0.15) is 10.4 Å². The minimum absolute atomic E-state index is 0.172. The molecule has 0 radical (unpaired) electrons. The van der Waals surface area contributed by atoms with Gasteiger partial charge in [0.05, 0.1) is 11.8 Å². The fraction of sp³-hybridized carbons (Fsp3) is 0. The first-order chi connectivity index (χ1) is 7.66. The van der Waals surface area contributed by atoms with E-state index in [2.05, 4.69) is 54.0 Å². The van der Waals surface area contributed by atoms with Crippen molar-refractivity contribution in [3.63, 3.8) is 0 Å². The molecule has 0 unspecified atom stereocenters. The number of amides is 1. The van der Waals surface area contributed by atoms with Gasteiger partial charge in [-0.15, -0.1) is 0 Å². The van der Waals surface area contributed by atoms with Crippen LogP contribution in [0.15, 0.2) is 34.9 Å². The molecule has 0 aliphatic carbocycles. The van der Waals surface area contributed by atoms with E-state index >= 15 is 0 Å². The number of carbonyl (C=O) groups excluding carboxylic acids is 1. The highest BCUT2D eigenvalue weighted by Crippen LogP contribution is 2.20. The maximum atomic E-state index is 11.9. The van der Waals surface area contributed by atoms with Crippen molar-refractivity contribution in [3.8, 4) is 0 Å². The molecule has 0 aliphatic rings. The van der Waals surface area contributed by atoms with E-state index in [0.29, 0.717) is 11.4 Å². The van der Waals surface area contributed by atoms with Crippen molar-refractivity contribution in [1.29, 1.82) is 0 Å². The average molecular weight is 392 g/mol. The second-order valence-corrected chi connectivity index (χ2v) is 5.15. The number of aromatic nitrogens is 2. The monoisotopic (exact) mass is 391 g/mol. The Morgan fingerprint density at radius 3 is 2.94 bits per heavy atom. The summed E-state index contributed by atoms with van der Waals surface area (Å²) in [5, 5.41) is 9.14. The van der Waals surface area contributed by atoms with Crippen LogP contribution in [0.2, 0.25) is 0 Å². The number of halogens is 2. The van der Waals surface area contributed by atoms with Gasteiger partial charge in [0.15, 0.2) is 0 Å². The number of hydrogen-bond donors (Lipinski definition) is 2. The second-order valence-electron chi connectivity index (χ2n) is 3.05. The molecule has 0 aliphatic heterocycles. The molecule has 2 rings (SSSR count). The summed E-state index contributed by atoms with van der Waals surface area (Å²) in [7, 11) is 0. The third kappa shape index (κ3) is 2.62. The predicted octanol–water partition coefficient (Wildman–Crippen LogP) is 3.03. The molecular weight excluding hydrogens is 385 g/mol. The second kappa shape index (κ2) is 4.96. The summed E-state index contributed by atoms with van der Waals surface area (Å²) < 4.78 is 1.78. The summed E-state index contributed by atoms with van der Waals surface area (Å²) in [5.74, 6) is 0.408. The van der Waals surface area contributed by atoms with Crippen LogP contribution < -0.4 is 5.32 Å². The molecule has 1 heterocycles. The molecule has 16 heavy (non-hydrogen) atoms. The fourth-order valence-electron chi connectivity index (χ4n) is 1.19. The Morgan fingerprint density at radius 1 is 1.44 bits per heavy atom. The summed E-state index contributed by atoms with van der Waals surface area (Å²) in [6.07, 6.45) is 1.58.